The zero-order chi connectivity index (χ0) is 14.8. The topological polar surface area (TPSA) is 56.0 Å². The molecular formula is C16H19ClNO3+. The number of benzene rings is 1. The van der Waals surface area contributed by atoms with E-state index in [1.807, 2.05) is 19.1 Å². The first kappa shape index (κ1) is 14.6. The molecule has 0 spiro atoms. The first-order chi connectivity index (χ1) is 10.1. The maximum absolute atomic E-state index is 11.7. The summed E-state index contributed by atoms with van der Waals surface area (Å²) in [5.41, 5.74) is 2.16. The molecule has 112 valence electrons. The fraction of sp³-hybridized carbons (Fsp3) is 0.438. The molecule has 0 saturated carbocycles. The van der Waals surface area contributed by atoms with E-state index in [2.05, 4.69) is 5.32 Å². The number of rotatable bonds is 4. The fourth-order valence-corrected chi connectivity index (χ4v) is 2.94. The second-order valence-electron chi connectivity index (χ2n) is 5.55. The molecule has 1 atom stereocenters. The van der Waals surface area contributed by atoms with Gasteiger partial charge in [0, 0.05) is 28.6 Å². The molecule has 4 nitrogen and oxygen atoms in total. The largest absolute Gasteiger partial charge is 0.423 e. The molecule has 1 aliphatic rings. The maximum Gasteiger partial charge on any atom is 0.336 e. The van der Waals surface area contributed by atoms with Crippen LogP contribution < -0.4 is 10.9 Å². The summed E-state index contributed by atoms with van der Waals surface area (Å²) in [5, 5.41) is 3.78. The van der Waals surface area contributed by atoms with Crippen LogP contribution in [0.25, 0.3) is 11.0 Å². The lowest BCUT2D eigenvalue weighted by Gasteiger charge is -2.09. The third kappa shape index (κ3) is 3.28. The SMILES string of the molecule is Cc1cc2oc(=O)cc(C[NH2+]C[C@H]3CCCO3)c2cc1Cl. The second-order valence-corrected chi connectivity index (χ2v) is 5.96. The van der Waals surface area contributed by atoms with Crippen LogP contribution in [-0.4, -0.2) is 19.3 Å². The molecule has 5 heteroatoms. The third-order valence-electron chi connectivity index (χ3n) is 3.93. The summed E-state index contributed by atoms with van der Waals surface area (Å²) in [6.07, 6.45) is 2.60. The second kappa shape index (κ2) is 6.18. The highest BCUT2D eigenvalue weighted by Crippen LogP contribution is 2.24. The number of aryl methyl sites for hydroxylation is 1. The van der Waals surface area contributed by atoms with Crippen LogP contribution in [0.15, 0.2) is 27.4 Å². The number of ether oxygens (including phenoxy) is 1. The van der Waals surface area contributed by atoms with Crippen LogP contribution in [0.5, 0.6) is 0 Å². The van der Waals surface area contributed by atoms with Crippen molar-refractivity contribution in [1.82, 2.24) is 0 Å². The van der Waals surface area contributed by atoms with Crippen molar-refractivity contribution in [2.24, 2.45) is 0 Å². The van der Waals surface area contributed by atoms with Gasteiger partial charge in [-0.15, -0.1) is 0 Å². The summed E-state index contributed by atoms with van der Waals surface area (Å²) in [6.45, 7) is 4.41. The molecule has 1 saturated heterocycles. The van der Waals surface area contributed by atoms with Crippen molar-refractivity contribution in [3.8, 4) is 0 Å². The Morgan fingerprint density at radius 3 is 3.00 bits per heavy atom. The Morgan fingerprint density at radius 2 is 2.24 bits per heavy atom. The van der Waals surface area contributed by atoms with Crippen LogP contribution in [0.2, 0.25) is 5.02 Å². The molecule has 1 fully saturated rings. The molecule has 0 bridgehead atoms. The monoisotopic (exact) mass is 308 g/mol. The smallest absolute Gasteiger partial charge is 0.336 e. The average Bonchev–Trinajstić information content (AvgIpc) is 2.94. The highest BCUT2D eigenvalue weighted by molar-refractivity contribution is 6.32. The lowest BCUT2D eigenvalue weighted by atomic mass is 10.1. The Labute approximate surface area is 128 Å². The number of quaternary nitrogens is 1. The van der Waals surface area contributed by atoms with Gasteiger partial charge >= 0.3 is 5.63 Å². The summed E-state index contributed by atoms with van der Waals surface area (Å²) in [4.78, 5) is 11.7. The van der Waals surface area contributed by atoms with E-state index in [4.69, 9.17) is 20.8 Å². The van der Waals surface area contributed by atoms with E-state index in [-0.39, 0.29) is 5.63 Å². The summed E-state index contributed by atoms with van der Waals surface area (Å²) >= 11 is 6.19. The number of hydrogen-bond donors (Lipinski definition) is 1. The molecule has 0 radical (unpaired) electrons. The van der Waals surface area contributed by atoms with Crippen LogP contribution in [0.4, 0.5) is 0 Å². The minimum Gasteiger partial charge on any atom is -0.423 e. The van der Waals surface area contributed by atoms with Crippen LogP contribution in [0, 0.1) is 6.92 Å². The van der Waals surface area contributed by atoms with Crippen LogP contribution in [-0.2, 0) is 11.3 Å². The van der Waals surface area contributed by atoms with Crippen LogP contribution in [0.3, 0.4) is 0 Å². The van der Waals surface area contributed by atoms with Gasteiger partial charge in [-0.1, -0.05) is 11.6 Å². The Balaban J connectivity index is 1.83. The van der Waals surface area contributed by atoms with Gasteiger partial charge in [-0.2, -0.15) is 0 Å². The summed E-state index contributed by atoms with van der Waals surface area (Å²) < 4.78 is 10.9. The quantitative estimate of drug-likeness (QED) is 0.879. The fourth-order valence-electron chi connectivity index (χ4n) is 2.77. The predicted octanol–water partition coefficient (Wildman–Crippen LogP) is 2.00. The zero-order valence-corrected chi connectivity index (χ0v) is 12.8. The molecule has 0 unspecified atom stereocenters. The normalized spacial score (nSPS) is 18.5. The molecule has 3 rings (SSSR count). The number of fused-ring (bicyclic) bond motifs is 1. The highest BCUT2D eigenvalue weighted by atomic mass is 35.5. The van der Waals surface area contributed by atoms with Crippen molar-refractivity contribution < 1.29 is 14.5 Å². The van der Waals surface area contributed by atoms with Gasteiger partial charge < -0.3 is 14.5 Å². The molecular weight excluding hydrogens is 290 g/mol. The Hall–Kier alpha value is -1.36. The third-order valence-corrected chi connectivity index (χ3v) is 4.33. The highest BCUT2D eigenvalue weighted by Gasteiger charge is 2.17. The molecule has 1 aromatic carbocycles. The van der Waals surface area contributed by atoms with E-state index < -0.39 is 0 Å². The molecule has 2 heterocycles. The first-order valence-corrected chi connectivity index (χ1v) is 7.67. The van der Waals surface area contributed by atoms with E-state index in [0.29, 0.717) is 16.7 Å². The van der Waals surface area contributed by atoms with Gasteiger partial charge in [0.15, 0.2) is 0 Å². The number of halogens is 1. The minimum atomic E-state index is -0.315. The van der Waals surface area contributed by atoms with Crippen molar-refractivity contribution in [3.63, 3.8) is 0 Å². The summed E-state index contributed by atoms with van der Waals surface area (Å²) in [6, 6.07) is 5.26. The van der Waals surface area contributed by atoms with Gasteiger partial charge in [0.25, 0.3) is 0 Å². The van der Waals surface area contributed by atoms with Crippen LogP contribution in [0.1, 0.15) is 24.0 Å². The van der Waals surface area contributed by atoms with Crippen molar-refractivity contribution in [2.45, 2.75) is 32.4 Å². The summed E-state index contributed by atoms with van der Waals surface area (Å²) in [5.74, 6) is 0. The average molecular weight is 309 g/mol. The zero-order valence-electron chi connectivity index (χ0n) is 12.0. The molecule has 2 aromatic rings. The van der Waals surface area contributed by atoms with Gasteiger partial charge in [-0.3, -0.25) is 0 Å². The number of nitrogens with two attached hydrogens (primary N) is 1. The summed E-state index contributed by atoms with van der Waals surface area (Å²) in [7, 11) is 0. The van der Waals surface area contributed by atoms with Crippen LogP contribution >= 0.6 is 11.6 Å². The molecule has 1 aromatic heterocycles. The molecule has 1 aliphatic heterocycles. The van der Waals surface area contributed by atoms with Gasteiger partial charge in [-0.25, -0.2) is 4.79 Å². The van der Waals surface area contributed by atoms with E-state index in [0.717, 1.165) is 49.1 Å². The molecule has 2 N–H and O–H groups in total. The van der Waals surface area contributed by atoms with E-state index in [9.17, 15) is 4.79 Å². The molecule has 0 amide bonds. The number of hydrogen-bond acceptors (Lipinski definition) is 3. The minimum absolute atomic E-state index is 0.315. The Bertz CT molecular complexity index is 704. The lowest BCUT2D eigenvalue weighted by Crippen LogP contribution is -2.84. The lowest BCUT2D eigenvalue weighted by molar-refractivity contribution is -0.676. The van der Waals surface area contributed by atoms with Crippen molar-refractivity contribution in [1.29, 1.82) is 0 Å². The van der Waals surface area contributed by atoms with E-state index in [1.54, 1.807) is 6.07 Å². The Kier molecular flexibility index (Phi) is 4.29. The van der Waals surface area contributed by atoms with Crippen molar-refractivity contribution in [2.75, 3.05) is 13.2 Å². The van der Waals surface area contributed by atoms with E-state index >= 15 is 0 Å². The molecule has 21 heavy (non-hydrogen) atoms. The van der Waals surface area contributed by atoms with Gasteiger partial charge in [0.05, 0.1) is 0 Å². The van der Waals surface area contributed by atoms with Crippen molar-refractivity contribution >= 4 is 22.6 Å². The van der Waals surface area contributed by atoms with E-state index in [1.165, 1.54) is 0 Å². The van der Waals surface area contributed by atoms with Crippen molar-refractivity contribution in [3.05, 3.63) is 44.8 Å². The maximum atomic E-state index is 11.7. The first-order valence-electron chi connectivity index (χ1n) is 7.29. The van der Waals surface area contributed by atoms with Gasteiger partial charge in [0.1, 0.15) is 24.8 Å². The molecule has 0 aliphatic carbocycles. The predicted molar refractivity (Wildman–Crippen MR) is 81.7 cm³/mol. The Morgan fingerprint density at radius 1 is 1.38 bits per heavy atom. The van der Waals surface area contributed by atoms with Gasteiger partial charge in [0.2, 0.25) is 0 Å². The standard InChI is InChI=1S/C16H18ClNO3/c1-10-5-15-13(7-14(10)17)11(6-16(19)21-15)8-18-9-12-3-2-4-20-12/h5-7,12,18H,2-4,8-9H2,1H3/p+1/t12-/m1/s1. The van der Waals surface area contributed by atoms with Gasteiger partial charge in [-0.05, 0) is 37.5 Å².